The van der Waals surface area contributed by atoms with Gasteiger partial charge in [-0.25, -0.2) is 4.98 Å². The minimum atomic E-state index is 0.583. The summed E-state index contributed by atoms with van der Waals surface area (Å²) < 4.78 is 0. The number of hydrogen-bond donors (Lipinski definition) is 2. The van der Waals surface area contributed by atoms with E-state index in [1.165, 1.54) is 16.7 Å². The third kappa shape index (κ3) is 4.94. The fraction of sp³-hybridized carbons (Fsp3) is 0.200. The second-order valence-electron chi connectivity index (χ2n) is 6.02. The predicted molar refractivity (Wildman–Crippen MR) is 105 cm³/mol. The molecular weight excluding hydrogens is 332 g/mol. The number of benzene rings is 2. The fourth-order valence-electron chi connectivity index (χ4n) is 2.62. The molecule has 1 aromatic heterocycles. The fourth-order valence-corrected chi connectivity index (χ4v) is 2.83. The van der Waals surface area contributed by atoms with E-state index in [-0.39, 0.29) is 0 Å². The van der Waals surface area contributed by atoms with E-state index >= 15 is 0 Å². The highest BCUT2D eigenvalue weighted by atomic mass is 35.5. The van der Waals surface area contributed by atoms with Gasteiger partial charge in [-0.05, 0) is 55.7 Å². The molecule has 0 atom stereocenters. The first-order chi connectivity index (χ1) is 12.1. The molecule has 3 aromatic rings. The number of rotatable bonds is 6. The van der Waals surface area contributed by atoms with Crippen molar-refractivity contribution >= 4 is 29.1 Å². The molecule has 5 heteroatoms. The molecule has 3 rings (SSSR count). The zero-order chi connectivity index (χ0) is 17.6. The number of nitrogens with one attached hydrogen (secondary N) is 2. The second-order valence-corrected chi connectivity index (χ2v) is 6.45. The largest absolute Gasteiger partial charge is 0.370 e. The summed E-state index contributed by atoms with van der Waals surface area (Å²) in [6.45, 7) is 4.93. The third-order valence-corrected chi connectivity index (χ3v) is 4.13. The van der Waals surface area contributed by atoms with Crippen molar-refractivity contribution in [1.29, 1.82) is 0 Å². The summed E-state index contributed by atoms with van der Waals surface area (Å²) in [5.41, 5.74) is 4.62. The van der Waals surface area contributed by atoms with Crippen molar-refractivity contribution in [3.05, 3.63) is 76.4 Å². The number of aryl methyl sites for hydroxylation is 2. The molecule has 0 spiro atoms. The van der Waals surface area contributed by atoms with Gasteiger partial charge >= 0.3 is 0 Å². The summed E-state index contributed by atoms with van der Waals surface area (Å²) in [5, 5.41) is 7.37. The smallest absolute Gasteiger partial charge is 0.229 e. The molecule has 0 aliphatic heterocycles. The molecule has 0 aliphatic carbocycles. The lowest BCUT2D eigenvalue weighted by molar-refractivity contribution is 1.00. The van der Waals surface area contributed by atoms with Crippen LogP contribution < -0.4 is 10.6 Å². The molecular formula is C20H21ClN4. The highest BCUT2D eigenvalue weighted by molar-refractivity contribution is 6.30. The van der Waals surface area contributed by atoms with Gasteiger partial charge in [0, 0.05) is 23.5 Å². The standard InChI is InChI=1S/C20H21ClN4/c1-14-6-7-18(15(2)12-14)24-20-23-11-9-19(25-20)22-10-8-16-4-3-5-17(21)13-16/h3-7,9,11-13H,8,10H2,1-2H3,(H2,22,23,24,25). The molecule has 0 aliphatic rings. The van der Waals surface area contributed by atoms with E-state index in [4.69, 9.17) is 11.6 Å². The highest BCUT2D eigenvalue weighted by Crippen LogP contribution is 2.20. The van der Waals surface area contributed by atoms with Crippen molar-refractivity contribution in [3.8, 4) is 0 Å². The molecule has 1 heterocycles. The zero-order valence-corrected chi connectivity index (χ0v) is 15.1. The number of halogens is 1. The Morgan fingerprint density at radius 3 is 2.72 bits per heavy atom. The summed E-state index contributed by atoms with van der Waals surface area (Å²) in [7, 11) is 0. The lowest BCUT2D eigenvalue weighted by atomic mass is 10.1. The lowest BCUT2D eigenvalue weighted by Gasteiger charge is -2.11. The number of hydrogen-bond acceptors (Lipinski definition) is 4. The van der Waals surface area contributed by atoms with E-state index in [0.717, 1.165) is 29.5 Å². The first-order valence-corrected chi connectivity index (χ1v) is 8.63. The van der Waals surface area contributed by atoms with Crippen molar-refractivity contribution in [2.45, 2.75) is 20.3 Å². The summed E-state index contributed by atoms with van der Waals surface area (Å²) in [5.74, 6) is 1.38. The Morgan fingerprint density at radius 2 is 1.92 bits per heavy atom. The third-order valence-electron chi connectivity index (χ3n) is 3.89. The van der Waals surface area contributed by atoms with Crippen LogP contribution in [0, 0.1) is 13.8 Å². The maximum atomic E-state index is 6.01. The van der Waals surface area contributed by atoms with Crippen LogP contribution in [-0.4, -0.2) is 16.5 Å². The Hall–Kier alpha value is -2.59. The van der Waals surface area contributed by atoms with Crippen LogP contribution in [-0.2, 0) is 6.42 Å². The molecule has 128 valence electrons. The molecule has 0 bridgehead atoms. The molecule has 25 heavy (non-hydrogen) atoms. The Kier molecular flexibility index (Phi) is 5.51. The van der Waals surface area contributed by atoms with Gasteiger partial charge in [-0.15, -0.1) is 0 Å². The van der Waals surface area contributed by atoms with Crippen LogP contribution in [0.15, 0.2) is 54.7 Å². The van der Waals surface area contributed by atoms with Crippen molar-refractivity contribution in [1.82, 2.24) is 9.97 Å². The maximum absolute atomic E-state index is 6.01. The SMILES string of the molecule is Cc1ccc(Nc2nccc(NCCc3cccc(Cl)c3)n2)c(C)c1. The molecule has 0 amide bonds. The molecule has 2 aromatic carbocycles. The zero-order valence-electron chi connectivity index (χ0n) is 14.4. The van der Waals surface area contributed by atoms with Gasteiger partial charge in [-0.3, -0.25) is 0 Å². The molecule has 0 saturated carbocycles. The average molecular weight is 353 g/mol. The second kappa shape index (κ2) is 7.99. The molecule has 0 fully saturated rings. The van der Waals surface area contributed by atoms with E-state index in [9.17, 15) is 0 Å². The van der Waals surface area contributed by atoms with Gasteiger partial charge in [0.25, 0.3) is 0 Å². The Bertz CT molecular complexity index is 864. The molecule has 0 saturated heterocycles. The van der Waals surface area contributed by atoms with E-state index < -0.39 is 0 Å². The minimum Gasteiger partial charge on any atom is -0.370 e. The average Bonchev–Trinajstić information content (AvgIpc) is 2.58. The molecule has 4 nitrogen and oxygen atoms in total. The Balaban J connectivity index is 1.61. The van der Waals surface area contributed by atoms with Crippen LogP contribution in [0.3, 0.4) is 0 Å². The van der Waals surface area contributed by atoms with E-state index in [1.54, 1.807) is 6.20 Å². The molecule has 0 unspecified atom stereocenters. The van der Waals surface area contributed by atoms with Crippen molar-refractivity contribution in [2.24, 2.45) is 0 Å². The van der Waals surface area contributed by atoms with Gasteiger partial charge in [-0.2, -0.15) is 4.98 Å². The van der Waals surface area contributed by atoms with Crippen LogP contribution in [0.5, 0.6) is 0 Å². The van der Waals surface area contributed by atoms with Crippen molar-refractivity contribution in [2.75, 3.05) is 17.2 Å². The van der Waals surface area contributed by atoms with Crippen LogP contribution in [0.1, 0.15) is 16.7 Å². The van der Waals surface area contributed by atoms with Crippen LogP contribution in [0.4, 0.5) is 17.5 Å². The quantitative estimate of drug-likeness (QED) is 0.644. The summed E-state index contributed by atoms with van der Waals surface area (Å²) in [4.78, 5) is 8.82. The van der Waals surface area contributed by atoms with Crippen LogP contribution in [0.2, 0.25) is 5.02 Å². The first-order valence-electron chi connectivity index (χ1n) is 8.26. The molecule has 2 N–H and O–H groups in total. The number of nitrogens with zero attached hydrogens (tertiary/aromatic N) is 2. The Morgan fingerprint density at radius 1 is 1.04 bits per heavy atom. The van der Waals surface area contributed by atoms with Crippen molar-refractivity contribution in [3.63, 3.8) is 0 Å². The lowest BCUT2D eigenvalue weighted by Crippen LogP contribution is -2.08. The van der Waals surface area contributed by atoms with E-state index in [0.29, 0.717) is 5.95 Å². The van der Waals surface area contributed by atoms with Crippen LogP contribution in [0.25, 0.3) is 0 Å². The van der Waals surface area contributed by atoms with Gasteiger partial charge in [0.15, 0.2) is 0 Å². The monoisotopic (exact) mass is 352 g/mol. The predicted octanol–water partition coefficient (Wildman–Crippen LogP) is 5.15. The summed E-state index contributed by atoms with van der Waals surface area (Å²) in [6.07, 6.45) is 2.63. The highest BCUT2D eigenvalue weighted by Gasteiger charge is 2.03. The van der Waals surface area contributed by atoms with Gasteiger partial charge in [0.1, 0.15) is 5.82 Å². The van der Waals surface area contributed by atoms with Gasteiger partial charge in [-0.1, -0.05) is 41.4 Å². The van der Waals surface area contributed by atoms with Gasteiger partial charge < -0.3 is 10.6 Å². The molecule has 0 radical (unpaired) electrons. The van der Waals surface area contributed by atoms with E-state index in [1.807, 2.05) is 30.3 Å². The Labute approximate surface area is 153 Å². The summed E-state index contributed by atoms with van der Waals surface area (Å²) >= 11 is 6.01. The maximum Gasteiger partial charge on any atom is 0.229 e. The van der Waals surface area contributed by atoms with Gasteiger partial charge in [0.05, 0.1) is 0 Å². The van der Waals surface area contributed by atoms with Crippen LogP contribution >= 0.6 is 11.6 Å². The minimum absolute atomic E-state index is 0.583. The number of anilines is 3. The normalized spacial score (nSPS) is 10.5. The summed E-state index contributed by atoms with van der Waals surface area (Å²) in [6, 6.07) is 16.0. The number of aromatic nitrogens is 2. The van der Waals surface area contributed by atoms with Gasteiger partial charge in [0.2, 0.25) is 5.95 Å². The first kappa shape index (κ1) is 17.2. The van der Waals surface area contributed by atoms with E-state index in [2.05, 4.69) is 52.6 Å². The van der Waals surface area contributed by atoms with Crippen molar-refractivity contribution < 1.29 is 0 Å². The topological polar surface area (TPSA) is 49.8 Å².